The molecule has 0 aromatic heterocycles. The summed E-state index contributed by atoms with van der Waals surface area (Å²) in [7, 11) is -3.84. The number of benzene rings is 1. The number of carbonyl (C=O) groups excluding carboxylic acids is 2. The molecule has 1 atom stereocenters. The number of nitrogens with one attached hydrogen (secondary N) is 3. The lowest BCUT2D eigenvalue weighted by Crippen LogP contribution is -2.49. The molecule has 10 heteroatoms. The van der Waals surface area contributed by atoms with E-state index in [0.717, 1.165) is 43.9 Å². The fraction of sp³-hybridized carbons (Fsp3) is 0.636. The van der Waals surface area contributed by atoms with Crippen molar-refractivity contribution in [2.24, 2.45) is 11.8 Å². The van der Waals surface area contributed by atoms with Crippen molar-refractivity contribution in [1.82, 2.24) is 15.4 Å². The summed E-state index contributed by atoms with van der Waals surface area (Å²) >= 11 is 5.82. The molecule has 2 rings (SSSR count). The topological polar surface area (TPSA) is 104 Å². The Labute approximate surface area is 194 Å². The summed E-state index contributed by atoms with van der Waals surface area (Å²) in [6, 6.07) is 2.54. The van der Waals surface area contributed by atoms with Crippen molar-refractivity contribution in [2.75, 3.05) is 13.1 Å². The van der Waals surface area contributed by atoms with E-state index in [1.54, 1.807) is 0 Å². The van der Waals surface area contributed by atoms with Crippen LogP contribution in [-0.4, -0.2) is 39.4 Å². The van der Waals surface area contributed by atoms with Gasteiger partial charge in [0.2, 0.25) is 21.8 Å². The third-order valence-electron chi connectivity index (χ3n) is 5.44. The second-order valence-electron chi connectivity index (χ2n) is 8.64. The van der Waals surface area contributed by atoms with E-state index < -0.39 is 21.9 Å². The van der Waals surface area contributed by atoms with E-state index in [1.165, 1.54) is 0 Å². The molecular formula is C22H33ClFN3O4S. The lowest BCUT2D eigenvalue weighted by atomic mass is 10.0. The van der Waals surface area contributed by atoms with E-state index in [4.69, 9.17) is 11.6 Å². The number of hydrogen-bond acceptors (Lipinski definition) is 4. The molecular weight excluding hydrogens is 457 g/mol. The van der Waals surface area contributed by atoms with Crippen LogP contribution < -0.4 is 15.4 Å². The number of hydrogen-bond donors (Lipinski definition) is 3. The molecule has 1 aliphatic rings. The molecule has 0 aliphatic heterocycles. The van der Waals surface area contributed by atoms with E-state index in [2.05, 4.69) is 15.4 Å². The Hall–Kier alpha value is -1.71. The average Bonchev–Trinajstić information content (AvgIpc) is 3.24. The van der Waals surface area contributed by atoms with Crippen LogP contribution in [0.15, 0.2) is 23.1 Å². The highest BCUT2D eigenvalue weighted by Crippen LogP contribution is 2.25. The molecule has 7 nitrogen and oxygen atoms in total. The summed E-state index contributed by atoms with van der Waals surface area (Å²) in [5.74, 6) is -0.622. The number of sulfonamides is 1. The van der Waals surface area contributed by atoms with E-state index in [1.807, 2.05) is 13.8 Å². The van der Waals surface area contributed by atoms with Gasteiger partial charge in [-0.3, -0.25) is 9.59 Å². The van der Waals surface area contributed by atoms with Crippen LogP contribution in [0.3, 0.4) is 0 Å². The van der Waals surface area contributed by atoms with Gasteiger partial charge in [-0.15, -0.1) is 0 Å². The summed E-state index contributed by atoms with van der Waals surface area (Å²) in [6.45, 7) is 4.52. The van der Waals surface area contributed by atoms with Crippen molar-refractivity contribution < 1.29 is 22.4 Å². The van der Waals surface area contributed by atoms with Gasteiger partial charge < -0.3 is 10.6 Å². The predicted molar refractivity (Wildman–Crippen MR) is 122 cm³/mol. The Kier molecular flexibility index (Phi) is 10.4. The number of unbranched alkanes of at least 4 members (excludes halogenated alkanes) is 1. The molecule has 1 saturated carbocycles. The second kappa shape index (κ2) is 12.5. The maximum absolute atomic E-state index is 13.1. The Morgan fingerprint density at radius 1 is 1.16 bits per heavy atom. The molecule has 0 unspecified atom stereocenters. The lowest BCUT2D eigenvalue weighted by molar-refractivity contribution is -0.131. The van der Waals surface area contributed by atoms with E-state index in [9.17, 15) is 22.4 Å². The van der Waals surface area contributed by atoms with Crippen molar-refractivity contribution in [2.45, 2.75) is 69.7 Å². The van der Waals surface area contributed by atoms with Crippen LogP contribution >= 0.6 is 11.6 Å². The molecule has 0 bridgehead atoms. The molecule has 1 aromatic carbocycles. The number of rotatable bonds is 12. The lowest BCUT2D eigenvalue weighted by Gasteiger charge is -2.22. The van der Waals surface area contributed by atoms with Crippen LogP contribution in [0.4, 0.5) is 4.39 Å². The quantitative estimate of drug-likeness (QED) is 0.391. The van der Waals surface area contributed by atoms with Crippen LogP contribution in [-0.2, 0) is 19.6 Å². The zero-order valence-electron chi connectivity index (χ0n) is 18.6. The maximum Gasteiger partial charge on any atom is 0.242 e. The summed E-state index contributed by atoms with van der Waals surface area (Å²) in [4.78, 5) is 24.8. The minimum absolute atomic E-state index is 0.0000892. The molecule has 1 fully saturated rings. The van der Waals surface area contributed by atoms with Crippen molar-refractivity contribution in [1.29, 1.82) is 0 Å². The Morgan fingerprint density at radius 2 is 1.81 bits per heavy atom. The summed E-state index contributed by atoms with van der Waals surface area (Å²) in [5, 5.41) is 5.56. The third-order valence-corrected chi connectivity index (χ3v) is 7.39. The van der Waals surface area contributed by atoms with Crippen LogP contribution in [0.25, 0.3) is 0 Å². The molecule has 1 aromatic rings. The Balaban J connectivity index is 1.74. The van der Waals surface area contributed by atoms with Gasteiger partial charge in [0, 0.05) is 19.0 Å². The van der Waals surface area contributed by atoms with Gasteiger partial charge in [-0.2, -0.15) is 0 Å². The normalized spacial score (nSPS) is 15.7. The summed E-state index contributed by atoms with van der Waals surface area (Å²) < 4.78 is 40.1. The number of amides is 2. The Bertz CT molecular complexity index is 889. The maximum atomic E-state index is 13.1. The highest BCUT2D eigenvalue weighted by Gasteiger charge is 2.28. The fourth-order valence-electron chi connectivity index (χ4n) is 3.74. The van der Waals surface area contributed by atoms with Crippen molar-refractivity contribution in [3.63, 3.8) is 0 Å². The van der Waals surface area contributed by atoms with E-state index in [-0.39, 0.29) is 40.1 Å². The van der Waals surface area contributed by atoms with Gasteiger partial charge >= 0.3 is 0 Å². The standard InChI is InChI=1S/C22H33ClFN3O4S/c1-15(2)13-19(27-21(28)16-7-3-4-8-16)22(29)25-11-5-6-12-26-32(30,31)20-10-9-17(24)14-18(20)23/h9-10,14-16,19,26H,3-8,11-13H2,1-2H3,(H,25,29)(H,27,28)/t19-/m0/s1. The SMILES string of the molecule is CC(C)C[C@H](NC(=O)C1CCCC1)C(=O)NCCCCNS(=O)(=O)c1ccc(F)cc1Cl. The predicted octanol–water partition coefficient (Wildman–Crippen LogP) is 3.37. The monoisotopic (exact) mass is 489 g/mol. The zero-order valence-corrected chi connectivity index (χ0v) is 20.2. The molecule has 32 heavy (non-hydrogen) atoms. The molecule has 0 radical (unpaired) electrons. The van der Waals surface area contributed by atoms with Gasteiger partial charge in [0.1, 0.15) is 16.8 Å². The minimum atomic E-state index is -3.84. The molecule has 180 valence electrons. The molecule has 0 spiro atoms. The Morgan fingerprint density at radius 3 is 2.44 bits per heavy atom. The molecule has 2 amide bonds. The second-order valence-corrected chi connectivity index (χ2v) is 10.8. The molecule has 3 N–H and O–H groups in total. The van der Waals surface area contributed by atoms with Crippen LogP contribution in [0, 0.1) is 17.7 Å². The van der Waals surface area contributed by atoms with Gasteiger partial charge in [0.15, 0.2) is 0 Å². The van der Waals surface area contributed by atoms with Gasteiger partial charge in [0.05, 0.1) is 5.02 Å². The molecule has 0 heterocycles. The van der Waals surface area contributed by atoms with Gasteiger partial charge in [-0.25, -0.2) is 17.5 Å². The van der Waals surface area contributed by atoms with Gasteiger partial charge in [-0.1, -0.05) is 38.3 Å². The largest absolute Gasteiger partial charge is 0.354 e. The van der Waals surface area contributed by atoms with Crippen LogP contribution in [0.2, 0.25) is 5.02 Å². The first-order chi connectivity index (χ1) is 15.1. The van der Waals surface area contributed by atoms with E-state index >= 15 is 0 Å². The fourth-order valence-corrected chi connectivity index (χ4v) is 5.35. The van der Waals surface area contributed by atoms with Crippen LogP contribution in [0.1, 0.15) is 58.8 Å². The third kappa shape index (κ3) is 8.33. The molecule has 0 saturated heterocycles. The van der Waals surface area contributed by atoms with Gasteiger partial charge in [-0.05, 0) is 56.2 Å². The first kappa shape index (κ1) is 26.5. The zero-order chi connectivity index (χ0) is 23.7. The first-order valence-corrected chi connectivity index (χ1v) is 13.0. The van der Waals surface area contributed by atoms with E-state index in [0.29, 0.717) is 25.8 Å². The molecule has 1 aliphatic carbocycles. The highest BCUT2D eigenvalue weighted by atomic mass is 35.5. The van der Waals surface area contributed by atoms with Crippen molar-refractivity contribution >= 4 is 33.4 Å². The average molecular weight is 490 g/mol. The number of halogens is 2. The van der Waals surface area contributed by atoms with Crippen LogP contribution in [0.5, 0.6) is 0 Å². The minimum Gasteiger partial charge on any atom is -0.354 e. The van der Waals surface area contributed by atoms with Crippen molar-refractivity contribution in [3.05, 3.63) is 29.0 Å². The highest BCUT2D eigenvalue weighted by molar-refractivity contribution is 7.89. The summed E-state index contributed by atoms with van der Waals surface area (Å²) in [5.41, 5.74) is 0. The smallest absolute Gasteiger partial charge is 0.242 e. The van der Waals surface area contributed by atoms with Gasteiger partial charge in [0.25, 0.3) is 0 Å². The first-order valence-electron chi connectivity index (χ1n) is 11.1. The van der Waals surface area contributed by atoms with Crippen molar-refractivity contribution in [3.8, 4) is 0 Å². The number of carbonyl (C=O) groups is 2. The summed E-state index contributed by atoms with van der Waals surface area (Å²) in [6.07, 6.45) is 5.45.